The van der Waals surface area contributed by atoms with Crippen LogP contribution in [0.25, 0.3) is 0 Å². The van der Waals surface area contributed by atoms with Crippen molar-refractivity contribution < 1.29 is 19.1 Å². The molecule has 0 unspecified atom stereocenters. The van der Waals surface area contributed by atoms with Gasteiger partial charge in [0.2, 0.25) is 5.91 Å². The minimum Gasteiger partial charge on any atom is -0.490 e. The van der Waals surface area contributed by atoms with Crippen LogP contribution in [-0.4, -0.2) is 86.7 Å². The zero-order chi connectivity index (χ0) is 19.4. The number of fused-ring (bicyclic) bond motifs is 1. The van der Waals surface area contributed by atoms with E-state index in [1.54, 1.807) is 36.0 Å². The van der Waals surface area contributed by atoms with Crippen LogP contribution >= 0.6 is 11.6 Å². The van der Waals surface area contributed by atoms with Gasteiger partial charge in [0.05, 0.1) is 30.5 Å². The Labute approximate surface area is 163 Å². The number of rotatable bonds is 3. The summed E-state index contributed by atoms with van der Waals surface area (Å²) in [5.41, 5.74) is 0.507. The van der Waals surface area contributed by atoms with Gasteiger partial charge in [0.1, 0.15) is 0 Å². The summed E-state index contributed by atoms with van der Waals surface area (Å²) in [7, 11) is 3.47. The van der Waals surface area contributed by atoms with Crippen molar-refractivity contribution in [3.8, 4) is 11.5 Å². The lowest BCUT2D eigenvalue weighted by Crippen LogP contribution is -2.52. The van der Waals surface area contributed by atoms with Crippen LogP contribution in [0.4, 0.5) is 10.5 Å². The second kappa shape index (κ2) is 8.67. The minimum atomic E-state index is -0.154. The molecule has 8 nitrogen and oxygen atoms in total. The highest BCUT2D eigenvalue weighted by molar-refractivity contribution is 6.34. The molecule has 0 atom stereocenters. The Balaban J connectivity index is 1.54. The number of amides is 3. The van der Waals surface area contributed by atoms with Gasteiger partial charge in [-0.1, -0.05) is 11.6 Å². The van der Waals surface area contributed by atoms with Crippen molar-refractivity contribution in [1.29, 1.82) is 0 Å². The Morgan fingerprint density at radius 2 is 1.74 bits per heavy atom. The monoisotopic (exact) mass is 396 g/mol. The van der Waals surface area contributed by atoms with Gasteiger partial charge in [-0.3, -0.25) is 9.69 Å². The van der Waals surface area contributed by atoms with Crippen molar-refractivity contribution in [2.24, 2.45) is 0 Å². The number of hydrogen-bond acceptors (Lipinski definition) is 5. The van der Waals surface area contributed by atoms with Gasteiger partial charge in [0, 0.05) is 58.8 Å². The molecule has 1 N–H and O–H groups in total. The van der Waals surface area contributed by atoms with Gasteiger partial charge in [-0.2, -0.15) is 0 Å². The molecule has 1 fully saturated rings. The van der Waals surface area contributed by atoms with Crippen LogP contribution in [0.5, 0.6) is 11.5 Å². The Kier molecular flexibility index (Phi) is 6.28. The van der Waals surface area contributed by atoms with Gasteiger partial charge in [-0.05, 0) is 0 Å². The Morgan fingerprint density at radius 1 is 1.11 bits per heavy atom. The fourth-order valence-electron chi connectivity index (χ4n) is 3.05. The van der Waals surface area contributed by atoms with E-state index in [4.69, 9.17) is 21.1 Å². The average Bonchev–Trinajstić information content (AvgIpc) is 2.87. The molecule has 1 saturated heterocycles. The number of urea groups is 1. The normalized spacial score (nSPS) is 17.2. The first-order valence-corrected chi connectivity index (χ1v) is 9.39. The van der Waals surface area contributed by atoms with Crippen molar-refractivity contribution in [3.05, 3.63) is 17.2 Å². The molecular formula is C18H25ClN4O4. The van der Waals surface area contributed by atoms with Crippen molar-refractivity contribution in [2.45, 2.75) is 6.42 Å². The molecular weight excluding hydrogens is 372 g/mol. The predicted molar refractivity (Wildman–Crippen MR) is 103 cm³/mol. The molecule has 0 radical (unpaired) electrons. The molecule has 0 bridgehead atoms. The third-order valence-electron chi connectivity index (χ3n) is 4.50. The van der Waals surface area contributed by atoms with E-state index >= 15 is 0 Å². The molecule has 148 valence electrons. The van der Waals surface area contributed by atoms with Gasteiger partial charge in [0.15, 0.2) is 11.5 Å². The van der Waals surface area contributed by atoms with Crippen LogP contribution in [0.1, 0.15) is 6.42 Å². The summed E-state index contributed by atoms with van der Waals surface area (Å²) in [6.07, 6.45) is 0.802. The lowest BCUT2D eigenvalue weighted by atomic mass is 10.2. The van der Waals surface area contributed by atoms with Gasteiger partial charge >= 0.3 is 6.03 Å². The van der Waals surface area contributed by atoms with Crippen LogP contribution in [0.15, 0.2) is 12.1 Å². The third-order valence-corrected chi connectivity index (χ3v) is 4.82. The number of nitrogens with one attached hydrogen (secondary N) is 1. The van der Waals surface area contributed by atoms with E-state index in [9.17, 15) is 9.59 Å². The summed E-state index contributed by atoms with van der Waals surface area (Å²) in [4.78, 5) is 29.8. The van der Waals surface area contributed by atoms with Gasteiger partial charge < -0.3 is 24.6 Å². The highest BCUT2D eigenvalue weighted by Crippen LogP contribution is 2.37. The van der Waals surface area contributed by atoms with Crippen LogP contribution in [0, 0.1) is 0 Å². The van der Waals surface area contributed by atoms with E-state index in [-0.39, 0.29) is 18.5 Å². The average molecular weight is 397 g/mol. The maximum absolute atomic E-state index is 12.4. The van der Waals surface area contributed by atoms with Crippen LogP contribution in [0.2, 0.25) is 5.02 Å². The van der Waals surface area contributed by atoms with Crippen molar-refractivity contribution in [1.82, 2.24) is 14.7 Å². The van der Waals surface area contributed by atoms with Crippen LogP contribution in [-0.2, 0) is 4.79 Å². The molecule has 3 amide bonds. The topological polar surface area (TPSA) is 74.4 Å². The third kappa shape index (κ3) is 4.95. The van der Waals surface area contributed by atoms with Crippen molar-refractivity contribution in [2.75, 3.05) is 65.3 Å². The van der Waals surface area contributed by atoms with E-state index in [1.807, 2.05) is 4.90 Å². The standard InChI is InChI=1S/C18H25ClN4O4/c1-21(2)18(25)23-6-4-22(5-7-23)12-17(24)20-14-11-16-15(10-13(14)19)26-8-3-9-27-16/h10-11H,3-9,12H2,1-2H3,(H,20,24). The second-order valence-corrected chi connectivity index (χ2v) is 7.22. The molecule has 0 saturated carbocycles. The number of carbonyl (C=O) groups is 2. The summed E-state index contributed by atoms with van der Waals surface area (Å²) < 4.78 is 11.2. The van der Waals surface area contributed by atoms with Gasteiger partial charge in [-0.15, -0.1) is 0 Å². The van der Waals surface area contributed by atoms with Crippen LogP contribution < -0.4 is 14.8 Å². The fourth-order valence-corrected chi connectivity index (χ4v) is 3.25. The highest BCUT2D eigenvalue weighted by Gasteiger charge is 2.24. The molecule has 9 heteroatoms. The SMILES string of the molecule is CN(C)C(=O)N1CCN(CC(=O)Nc2cc3c(cc2Cl)OCCCO3)CC1. The molecule has 0 aliphatic carbocycles. The summed E-state index contributed by atoms with van der Waals surface area (Å²) in [5, 5.41) is 3.25. The van der Waals surface area contributed by atoms with Gasteiger partial charge in [-0.25, -0.2) is 4.79 Å². The number of ether oxygens (including phenoxy) is 2. The first-order valence-electron chi connectivity index (χ1n) is 9.01. The van der Waals surface area contributed by atoms with E-state index in [0.717, 1.165) is 6.42 Å². The zero-order valence-corrected chi connectivity index (χ0v) is 16.4. The predicted octanol–water partition coefficient (Wildman–Crippen LogP) is 1.74. The second-order valence-electron chi connectivity index (χ2n) is 6.82. The Bertz CT molecular complexity index is 705. The van der Waals surface area contributed by atoms with Crippen LogP contribution in [0.3, 0.4) is 0 Å². The lowest BCUT2D eigenvalue weighted by Gasteiger charge is -2.35. The molecule has 2 heterocycles. The van der Waals surface area contributed by atoms with E-state index in [2.05, 4.69) is 5.32 Å². The highest BCUT2D eigenvalue weighted by atomic mass is 35.5. The molecule has 27 heavy (non-hydrogen) atoms. The summed E-state index contributed by atoms with van der Waals surface area (Å²) in [6, 6.07) is 3.37. The smallest absolute Gasteiger partial charge is 0.319 e. The number of piperazine rings is 1. The number of halogens is 1. The largest absolute Gasteiger partial charge is 0.490 e. The molecule has 0 spiro atoms. The molecule has 1 aromatic rings. The van der Waals surface area contributed by atoms with Gasteiger partial charge in [0.25, 0.3) is 0 Å². The maximum atomic E-state index is 12.4. The Morgan fingerprint density at radius 3 is 2.37 bits per heavy atom. The zero-order valence-electron chi connectivity index (χ0n) is 15.7. The molecule has 3 rings (SSSR count). The van der Waals surface area contributed by atoms with Crippen molar-refractivity contribution >= 4 is 29.2 Å². The number of anilines is 1. The fraction of sp³-hybridized carbons (Fsp3) is 0.556. The first kappa shape index (κ1) is 19.6. The lowest BCUT2D eigenvalue weighted by molar-refractivity contribution is -0.117. The number of benzene rings is 1. The number of carbonyl (C=O) groups excluding carboxylic acids is 2. The van der Waals surface area contributed by atoms with E-state index in [1.165, 1.54) is 0 Å². The van der Waals surface area contributed by atoms with Crippen molar-refractivity contribution in [3.63, 3.8) is 0 Å². The quantitative estimate of drug-likeness (QED) is 0.842. The first-order chi connectivity index (χ1) is 12.9. The molecule has 1 aromatic carbocycles. The summed E-state index contributed by atoms with van der Waals surface area (Å²) >= 11 is 6.27. The minimum absolute atomic E-state index is 0.00178. The van der Waals surface area contributed by atoms with E-state index < -0.39 is 0 Å². The summed E-state index contributed by atoms with van der Waals surface area (Å²) in [5.74, 6) is 1.03. The Hall–Kier alpha value is -2.19. The van der Waals surface area contributed by atoms with E-state index in [0.29, 0.717) is 61.6 Å². The molecule has 2 aliphatic heterocycles. The number of nitrogens with zero attached hydrogens (tertiary/aromatic N) is 3. The molecule has 2 aliphatic rings. The maximum Gasteiger partial charge on any atom is 0.319 e. The number of hydrogen-bond donors (Lipinski definition) is 1. The summed E-state index contributed by atoms with van der Waals surface area (Å²) in [6.45, 7) is 3.91. The molecule has 0 aromatic heterocycles.